The molecule has 2 aromatic carbocycles. The Kier molecular flexibility index (Phi) is 6.21. The maximum absolute atomic E-state index is 14.4. The van der Waals surface area contributed by atoms with Gasteiger partial charge in [0.2, 0.25) is 0 Å². The summed E-state index contributed by atoms with van der Waals surface area (Å²) >= 11 is 0.185. The van der Waals surface area contributed by atoms with Gasteiger partial charge in [-0.05, 0) is 47.6 Å². The van der Waals surface area contributed by atoms with Crippen molar-refractivity contribution in [1.82, 2.24) is 4.37 Å². The van der Waals surface area contributed by atoms with E-state index < -0.39 is 34.2 Å². The van der Waals surface area contributed by atoms with E-state index in [4.69, 9.17) is 4.74 Å². The molecule has 8 heteroatoms. The van der Waals surface area contributed by atoms with Crippen LogP contribution in [-0.2, 0) is 19.0 Å². The molecule has 3 aromatic rings. The van der Waals surface area contributed by atoms with Crippen molar-refractivity contribution in [2.45, 2.75) is 39.3 Å². The Morgan fingerprint density at radius 3 is 2.07 bits per heavy atom. The highest BCUT2D eigenvalue weighted by Gasteiger charge is 2.40. The zero-order valence-corrected chi connectivity index (χ0v) is 16.6. The van der Waals surface area contributed by atoms with Gasteiger partial charge in [0.25, 0.3) is 0 Å². The molecule has 0 bridgehead atoms. The Morgan fingerprint density at radius 1 is 0.931 bits per heavy atom. The molecule has 0 aliphatic carbocycles. The topological polar surface area (TPSA) is 22.1 Å². The second-order valence-electron chi connectivity index (χ2n) is 6.48. The SMILES string of the molecule is CCCc1cc(F)c(Oc2c(-c3ccc(CC)cc3)nsc2C(F)(F)F)c(F)c1. The second-order valence-corrected chi connectivity index (χ2v) is 7.25. The van der Waals surface area contributed by atoms with Gasteiger partial charge in [-0.25, -0.2) is 8.78 Å². The molecule has 0 N–H and O–H groups in total. The summed E-state index contributed by atoms with van der Waals surface area (Å²) in [6.07, 6.45) is -2.90. The first-order valence-corrected chi connectivity index (χ1v) is 9.83. The van der Waals surface area contributed by atoms with Gasteiger partial charge in [0.15, 0.2) is 28.0 Å². The smallest absolute Gasteiger partial charge is 0.430 e. The van der Waals surface area contributed by atoms with Crippen LogP contribution in [0.3, 0.4) is 0 Å². The molecule has 1 aromatic heterocycles. The van der Waals surface area contributed by atoms with Gasteiger partial charge in [-0.1, -0.05) is 44.5 Å². The van der Waals surface area contributed by atoms with Crippen LogP contribution in [0.25, 0.3) is 11.3 Å². The summed E-state index contributed by atoms with van der Waals surface area (Å²) in [6.45, 7) is 3.80. The zero-order valence-electron chi connectivity index (χ0n) is 15.7. The summed E-state index contributed by atoms with van der Waals surface area (Å²) in [5.74, 6) is -3.69. The number of aryl methyl sites for hydroxylation is 2. The third kappa shape index (κ3) is 4.58. The molecular weight excluding hydrogens is 409 g/mol. The average Bonchev–Trinajstić information content (AvgIpc) is 3.09. The van der Waals surface area contributed by atoms with E-state index in [9.17, 15) is 22.0 Å². The largest absolute Gasteiger partial charge is 0.447 e. The highest BCUT2D eigenvalue weighted by atomic mass is 32.1. The summed E-state index contributed by atoms with van der Waals surface area (Å²) in [5, 5.41) is 0. The second kappa shape index (κ2) is 8.49. The summed E-state index contributed by atoms with van der Waals surface area (Å²) in [6, 6.07) is 8.88. The van der Waals surface area contributed by atoms with Crippen LogP contribution in [0.2, 0.25) is 0 Å². The molecule has 3 rings (SSSR count). The summed E-state index contributed by atoms with van der Waals surface area (Å²) in [5.41, 5.74) is 1.66. The molecule has 0 radical (unpaired) electrons. The van der Waals surface area contributed by atoms with Crippen LogP contribution in [0.5, 0.6) is 11.5 Å². The Bertz CT molecular complexity index is 972. The van der Waals surface area contributed by atoms with Crippen molar-refractivity contribution in [2.24, 2.45) is 0 Å². The van der Waals surface area contributed by atoms with Crippen molar-refractivity contribution in [1.29, 1.82) is 0 Å². The van der Waals surface area contributed by atoms with Gasteiger partial charge < -0.3 is 4.74 Å². The van der Waals surface area contributed by atoms with Crippen LogP contribution in [0.1, 0.15) is 36.3 Å². The monoisotopic (exact) mass is 427 g/mol. The first-order chi connectivity index (χ1) is 13.7. The predicted molar refractivity (Wildman–Crippen MR) is 102 cm³/mol. The highest BCUT2D eigenvalue weighted by Crippen LogP contribution is 2.47. The first-order valence-electron chi connectivity index (χ1n) is 9.06. The van der Waals surface area contributed by atoms with E-state index in [0.29, 0.717) is 24.0 Å². The maximum Gasteiger partial charge on any atom is 0.430 e. The van der Waals surface area contributed by atoms with Gasteiger partial charge in [-0.3, -0.25) is 0 Å². The third-order valence-corrected chi connectivity index (χ3v) is 5.22. The van der Waals surface area contributed by atoms with Crippen LogP contribution in [0, 0.1) is 11.6 Å². The van der Waals surface area contributed by atoms with Gasteiger partial charge in [0.05, 0.1) is 0 Å². The lowest BCUT2D eigenvalue weighted by Gasteiger charge is -2.13. The van der Waals surface area contributed by atoms with Crippen molar-refractivity contribution >= 4 is 11.5 Å². The number of benzene rings is 2. The number of hydrogen-bond donors (Lipinski definition) is 0. The maximum atomic E-state index is 14.4. The lowest BCUT2D eigenvalue weighted by molar-refractivity contribution is -0.135. The quantitative estimate of drug-likeness (QED) is 0.382. The molecule has 1 heterocycles. The Morgan fingerprint density at radius 2 is 1.55 bits per heavy atom. The lowest BCUT2D eigenvalue weighted by Crippen LogP contribution is -2.05. The third-order valence-electron chi connectivity index (χ3n) is 4.34. The van der Waals surface area contributed by atoms with Crippen molar-refractivity contribution in [3.63, 3.8) is 0 Å². The van der Waals surface area contributed by atoms with Crippen LogP contribution >= 0.6 is 11.5 Å². The molecule has 0 saturated carbocycles. The van der Waals surface area contributed by atoms with E-state index in [1.54, 1.807) is 24.3 Å². The standard InChI is InChI=1S/C21H18F5NOS/c1-3-5-13-10-15(22)18(16(23)11-13)28-19-17(27-29-20(19)21(24,25)26)14-8-6-12(4-2)7-9-14/h6-11H,3-5H2,1-2H3. The summed E-state index contributed by atoms with van der Waals surface area (Å²) in [4.78, 5) is -1.15. The molecule has 0 aliphatic heterocycles. The number of aromatic nitrogens is 1. The Hall–Kier alpha value is -2.48. The minimum atomic E-state index is -4.77. The minimum Gasteiger partial charge on any atom is -0.447 e. The molecule has 0 amide bonds. The summed E-state index contributed by atoms with van der Waals surface area (Å²) < 4.78 is 78.3. The zero-order chi connectivity index (χ0) is 21.2. The number of halogens is 5. The molecule has 2 nitrogen and oxygen atoms in total. The van der Waals surface area contributed by atoms with E-state index in [2.05, 4.69) is 4.37 Å². The molecule has 154 valence electrons. The van der Waals surface area contributed by atoms with Gasteiger partial charge >= 0.3 is 6.18 Å². The fourth-order valence-electron chi connectivity index (χ4n) is 2.88. The van der Waals surface area contributed by atoms with E-state index in [0.717, 1.165) is 24.1 Å². The van der Waals surface area contributed by atoms with E-state index in [1.807, 2.05) is 13.8 Å². The number of ether oxygens (including phenoxy) is 1. The van der Waals surface area contributed by atoms with Crippen LogP contribution in [0.15, 0.2) is 36.4 Å². The fourth-order valence-corrected chi connectivity index (χ4v) is 3.58. The lowest BCUT2D eigenvalue weighted by atomic mass is 10.1. The van der Waals surface area contributed by atoms with Crippen LogP contribution in [-0.4, -0.2) is 4.37 Å². The molecule has 0 spiro atoms. The first kappa shape index (κ1) is 21.2. The predicted octanol–water partition coefficient (Wildman–Crippen LogP) is 7.41. The molecule has 0 saturated heterocycles. The highest BCUT2D eigenvalue weighted by molar-refractivity contribution is 7.06. The average molecular weight is 427 g/mol. The van der Waals surface area contributed by atoms with Gasteiger partial charge in [0, 0.05) is 5.56 Å². The Labute approximate surface area is 169 Å². The summed E-state index contributed by atoms with van der Waals surface area (Å²) in [7, 11) is 0. The van der Waals surface area contributed by atoms with Crippen molar-refractivity contribution < 1.29 is 26.7 Å². The molecule has 0 atom stereocenters. The van der Waals surface area contributed by atoms with Crippen LogP contribution in [0.4, 0.5) is 22.0 Å². The van der Waals surface area contributed by atoms with E-state index in [-0.39, 0.29) is 17.2 Å². The van der Waals surface area contributed by atoms with Crippen molar-refractivity contribution in [3.8, 4) is 22.8 Å². The van der Waals surface area contributed by atoms with Crippen molar-refractivity contribution in [3.05, 3.63) is 64.0 Å². The number of alkyl halides is 3. The molecule has 0 aliphatic rings. The van der Waals surface area contributed by atoms with Crippen LogP contribution < -0.4 is 4.74 Å². The minimum absolute atomic E-state index is 0.110. The molecule has 29 heavy (non-hydrogen) atoms. The fraction of sp³-hybridized carbons (Fsp3) is 0.286. The normalized spacial score (nSPS) is 11.7. The molecule has 0 fully saturated rings. The molecular formula is C21H18F5NOS. The number of nitrogens with zero attached hydrogens (tertiary/aromatic N) is 1. The number of rotatable bonds is 6. The van der Waals surface area contributed by atoms with Gasteiger partial charge in [0.1, 0.15) is 5.69 Å². The van der Waals surface area contributed by atoms with E-state index >= 15 is 0 Å². The van der Waals surface area contributed by atoms with Gasteiger partial charge in [-0.2, -0.15) is 17.5 Å². The van der Waals surface area contributed by atoms with E-state index in [1.165, 1.54) is 0 Å². The van der Waals surface area contributed by atoms with Gasteiger partial charge in [-0.15, -0.1) is 0 Å². The Balaban J connectivity index is 2.09. The van der Waals surface area contributed by atoms with Crippen molar-refractivity contribution in [2.75, 3.05) is 0 Å². The number of hydrogen-bond acceptors (Lipinski definition) is 3. The molecule has 0 unspecified atom stereocenters.